The lowest BCUT2D eigenvalue weighted by Gasteiger charge is -2.34. The summed E-state index contributed by atoms with van der Waals surface area (Å²) in [6.07, 6.45) is 5.85. The minimum atomic E-state index is -0.425. The number of likely N-dealkylation sites (tertiary alicyclic amines) is 2. The van der Waals surface area contributed by atoms with Gasteiger partial charge in [0.25, 0.3) is 0 Å². The minimum absolute atomic E-state index is 0.227. The zero-order valence-electron chi connectivity index (χ0n) is 14.7. The molecule has 2 saturated heterocycles. The van der Waals surface area contributed by atoms with E-state index < -0.39 is 5.60 Å². The van der Waals surface area contributed by atoms with Crippen LogP contribution in [0.5, 0.6) is 0 Å². The van der Waals surface area contributed by atoms with Gasteiger partial charge >= 0.3 is 6.09 Å². The van der Waals surface area contributed by atoms with Crippen molar-refractivity contribution >= 4 is 6.09 Å². The average molecular weight is 311 g/mol. The van der Waals surface area contributed by atoms with Crippen molar-refractivity contribution in [1.82, 2.24) is 15.1 Å². The zero-order valence-corrected chi connectivity index (χ0v) is 14.7. The first kappa shape index (κ1) is 17.5. The molecule has 5 nitrogen and oxygen atoms in total. The summed E-state index contributed by atoms with van der Waals surface area (Å²) in [5, 5.41) is 3.03. The van der Waals surface area contributed by atoms with Gasteiger partial charge in [-0.1, -0.05) is 0 Å². The van der Waals surface area contributed by atoms with Crippen molar-refractivity contribution in [3.63, 3.8) is 0 Å². The van der Waals surface area contributed by atoms with Crippen molar-refractivity contribution in [2.24, 2.45) is 0 Å². The molecule has 0 radical (unpaired) electrons. The molecule has 0 unspecified atom stereocenters. The Morgan fingerprint density at radius 3 is 2.59 bits per heavy atom. The van der Waals surface area contributed by atoms with Gasteiger partial charge in [0.1, 0.15) is 5.60 Å². The van der Waals surface area contributed by atoms with E-state index in [9.17, 15) is 4.79 Å². The molecular weight excluding hydrogens is 278 g/mol. The summed E-state index contributed by atoms with van der Waals surface area (Å²) in [6, 6.07) is 0.976. The molecule has 0 aliphatic carbocycles. The van der Waals surface area contributed by atoms with Crippen molar-refractivity contribution < 1.29 is 9.53 Å². The van der Waals surface area contributed by atoms with Crippen molar-refractivity contribution in [3.8, 4) is 0 Å². The van der Waals surface area contributed by atoms with Crippen molar-refractivity contribution in [3.05, 3.63) is 0 Å². The normalized spacial score (nSPS) is 27.8. The van der Waals surface area contributed by atoms with Crippen LogP contribution < -0.4 is 5.32 Å². The summed E-state index contributed by atoms with van der Waals surface area (Å²) < 4.78 is 5.36. The first-order valence-electron chi connectivity index (χ1n) is 8.75. The van der Waals surface area contributed by atoms with Crippen molar-refractivity contribution in [2.45, 2.75) is 70.6 Å². The highest BCUT2D eigenvalue weighted by Gasteiger charge is 2.26. The quantitative estimate of drug-likeness (QED) is 0.866. The molecular formula is C17H33N3O2. The predicted molar refractivity (Wildman–Crippen MR) is 89.1 cm³/mol. The molecule has 1 N–H and O–H groups in total. The van der Waals surface area contributed by atoms with Gasteiger partial charge in [-0.15, -0.1) is 0 Å². The Hall–Kier alpha value is -0.810. The van der Waals surface area contributed by atoms with Crippen LogP contribution in [0.15, 0.2) is 0 Å². The third-order valence-electron chi connectivity index (χ3n) is 4.68. The highest BCUT2D eigenvalue weighted by molar-refractivity contribution is 5.68. The molecule has 2 aliphatic rings. The van der Waals surface area contributed by atoms with Gasteiger partial charge in [0.2, 0.25) is 0 Å². The predicted octanol–water partition coefficient (Wildman–Crippen LogP) is 2.46. The van der Waals surface area contributed by atoms with E-state index in [4.69, 9.17) is 4.74 Å². The molecule has 0 spiro atoms. The number of hydrogen-bond acceptors (Lipinski definition) is 4. The monoisotopic (exact) mass is 311 g/mol. The van der Waals surface area contributed by atoms with E-state index in [0.29, 0.717) is 0 Å². The second-order valence-electron chi connectivity index (χ2n) is 7.85. The molecule has 2 fully saturated rings. The van der Waals surface area contributed by atoms with Gasteiger partial charge in [-0.25, -0.2) is 4.79 Å². The van der Waals surface area contributed by atoms with E-state index in [1.54, 1.807) is 0 Å². The number of piperidine rings is 1. The summed E-state index contributed by atoms with van der Waals surface area (Å²) in [6.45, 7) is 10.2. The summed E-state index contributed by atoms with van der Waals surface area (Å²) in [7, 11) is 2.24. The number of alkyl carbamates (subject to hydrolysis) is 1. The van der Waals surface area contributed by atoms with Crippen LogP contribution in [0, 0.1) is 0 Å². The van der Waals surface area contributed by atoms with Gasteiger partial charge in [-0.3, -0.25) is 0 Å². The van der Waals surface area contributed by atoms with E-state index in [-0.39, 0.29) is 12.1 Å². The van der Waals surface area contributed by atoms with Gasteiger partial charge in [0.05, 0.1) is 0 Å². The van der Waals surface area contributed by atoms with Gasteiger partial charge in [-0.05, 0) is 79.6 Å². The molecule has 0 aromatic heterocycles. The fourth-order valence-electron chi connectivity index (χ4n) is 3.53. The number of carbonyl (C=O) groups excluding carboxylic acids is 1. The van der Waals surface area contributed by atoms with Crippen LogP contribution in [0.2, 0.25) is 0 Å². The summed E-state index contributed by atoms with van der Waals surface area (Å²) in [5.74, 6) is 0. The van der Waals surface area contributed by atoms with E-state index >= 15 is 0 Å². The van der Waals surface area contributed by atoms with Crippen molar-refractivity contribution in [1.29, 1.82) is 0 Å². The zero-order chi connectivity index (χ0) is 16.2. The Kier molecular flexibility index (Phi) is 6.09. The van der Waals surface area contributed by atoms with E-state index in [2.05, 4.69) is 22.2 Å². The molecule has 2 aliphatic heterocycles. The van der Waals surface area contributed by atoms with Crippen LogP contribution in [-0.4, -0.2) is 66.8 Å². The lowest BCUT2D eigenvalue weighted by Crippen LogP contribution is -2.49. The Morgan fingerprint density at radius 2 is 1.95 bits per heavy atom. The van der Waals surface area contributed by atoms with E-state index in [1.165, 1.54) is 25.8 Å². The average Bonchev–Trinajstić information content (AvgIpc) is 2.80. The Labute approximate surface area is 135 Å². The number of nitrogens with one attached hydrogen (secondary N) is 1. The van der Waals surface area contributed by atoms with Gasteiger partial charge in [-0.2, -0.15) is 0 Å². The number of hydrogen-bond donors (Lipinski definition) is 1. The van der Waals surface area contributed by atoms with Gasteiger partial charge in [0.15, 0.2) is 0 Å². The van der Waals surface area contributed by atoms with Crippen LogP contribution >= 0.6 is 0 Å². The highest BCUT2D eigenvalue weighted by Crippen LogP contribution is 2.19. The second kappa shape index (κ2) is 7.64. The molecule has 2 atom stereocenters. The first-order valence-corrected chi connectivity index (χ1v) is 8.75. The molecule has 0 aromatic carbocycles. The van der Waals surface area contributed by atoms with E-state index in [1.807, 2.05) is 20.8 Å². The summed E-state index contributed by atoms with van der Waals surface area (Å²) in [5.41, 5.74) is -0.425. The fourth-order valence-corrected chi connectivity index (χ4v) is 3.53. The largest absolute Gasteiger partial charge is 0.444 e. The maximum atomic E-state index is 11.9. The standard InChI is InChI=1S/C17H33N3O2/c1-17(2,3)22-16(21)18-14-7-5-11-20(13-14)12-9-15-8-6-10-19(15)4/h14-15H,5-13H2,1-4H3,(H,18,21)/t14-,15-/m1/s1. The molecule has 5 heteroatoms. The number of carbonyl (C=O) groups is 1. The van der Waals surface area contributed by atoms with Crippen LogP contribution in [0.3, 0.4) is 0 Å². The van der Waals surface area contributed by atoms with E-state index in [0.717, 1.165) is 38.5 Å². The maximum Gasteiger partial charge on any atom is 0.407 e. The number of amides is 1. The lowest BCUT2D eigenvalue weighted by molar-refractivity contribution is 0.0470. The minimum Gasteiger partial charge on any atom is -0.444 e. The second-order valence-corrected chi connectivity index (χ2v) is 7.85. The Bertz CT molecular complexity index is 367. The van der Waals surface area contributed by atoms with Crippen LogP contribution in [0.1, 0.15) is 52.9 Å². The number of rotatable bonds is 4. The topological polar surface area (TPSA) is 44.8 Å². The Morgan fingerprint density at radius 1 is 1.23 bits per heavy atom. The van der Waals surface area contributed by atoms with Crippen molar-refractivity contribution in [2.75, 3.05) is 33.2 Å². The maximum absolute atomic E-state index is 11.9. The molecule has 0 bridgehead atoms. The molecule has 2 rings (SSSR count). The summed E-state index contributed by atoms with van der Waals surface area (Å²) >= 11 is 0. The molecule has 1 amide bonds. The van der Waals surface area contributed by atoms with Gasteiger partial charge in [0, 0.05) is 18.6 Å². The third kappa shape index (κ3) is 5.76. The van der Waals surface area contributed by atoms with Crippen LogP contribution in [0.25, 0.3) is 0 Å². The molecule has 128 valence electrons. The van der Waals surface area contributed by atoms with Crippen LogP contribution in [-0.2, 0) is 4.74 Å². The smallest absolute Gasteiger partial charge is 0.407 e. The molecule has 0 saturated carbocycles. The first-order chi connectivity index (χ1) is 10.3. The Balaban J connectivity index is 1.71. The molecule has 2 heterocycles. The number of nitrogens with zero attached hydrogens (tertiary/aromatic N) is 2. The fraction of sp³-hybridized carbons (Fsp3) is 0.941. The third-order valence-corrected chi connectivity index (χ3v) is 4.68. The van der Waals surface area contributed by atoms with Gasteiger partial charge < -0.3 is 19.9 Å². The van der Waals surface area contributed by atoms with Crippen LogP contribution in [0.4, 0.5) is 4.79 Å². The highest BCUT2D eigenvalue weighted by atomic mass is 16.6. The SMILES string of the molecule is CN1CCC[C@@H]1CCN1CCC[C@@H](NC(=O)OC(C)(C)C)C1. The molecule has 22 heavy (non-hydrogen) atoms. The number of ether oxygens (including phenoxy) is 1. The lowest BCUT2D eigenvalue weighted by atomic mass is 10.0. The molecule has 0 aromatic rings. The summed E-state index contributed by atoms with van der Waals surface area (Å²) in [4.78, 5) is 16.9.